The van der Waals surface area contributed by atoms with Gasteiger partial charge in [-0.2, -0.15) is 0 Å². The van der Waals surface area contributed by atoms with Gasteiger partial charge < -0.3 is 14.9 Å². The predicted molar refractivity (Wildman–Crippen MR) is 96.3 cm³/mol. The third kappa shape index (κ3) is 4.58. The van der Waals surface area contributed by atoms with Gasteiger partial charge in [-0.1, -0.05) is 36.1 Å². The first-order valence-corrected chi connectivity index (χ1v) is 8.41. The zero-order chi connectivity index (χ0) is 18.6. The minimum atomic E-state index is -1.31. The number of aliphatic carboxylic acids is 2. The second kappa shape index (κ2) is 8.13. The van der Waals surface area contributed by atoms with Crippen LogP contribution in [-0.4, -0.2) is 50.4 Å². The van der Waals surface area contributed by atoms with Crippen molar-refractivity contribution in [3.8, 4) is 5.75 Å². The summed E-state index contributed by atoms with van der Waals surface area (Å²) >= 11 is 6.11. The Hall–Kier alpha value is -2.39. The molecule has 1 saturated heterocycles. The summed E-state index contributed by atoms with van der Waals surface area (Å²) in [5.74, 6) is -2.35. The molecule has 0 aliphatic carbocycles. The van der Waals surface area contributed by atoms with Gasteiger partial charge in [0.25, 0.3) is 5.91 Å². The van der Waals surface area contributed by atoms with Crippen molar-refractivity contribution in [2.45, 2.75) is 18.9 Å². The summed E-state index contributed by atoms with van der Waals surface area (Å²) < 4.78 is 5.22. The molecular weight excluding hydrogens is 366 g/mol. The lowest BCUT2D eigenvalue weighted by Gasteiger charge is -2.22. The number of hydrogen-bond donors (Lipinski definition) is 2. The maximum atomic E-state index is 12.6. The van der Waals surface area contributed by atoms with Crippen LogP contribution in [0, 0.1) is 0 Å². The first-order valence-electron chi connectivity index (χ1n) is 7.19. The van der Waals surface area contributed by atoms with Crippen molar-refractivity contribution in [2.24, 2.45) is 0 Å². The second-order valence-corrected chi connectivity index (χ2v) is 6.79. The highest BCUT2D eigenvalue weighted by Gasteiger charge is 2.40. The Morgan fingerprint density at radius 2 is 2.12 bits per heavy atom. The van der Waals surface area contributed by atoms with Gasteiger partial charge in [0, 0.05) is 6.42 Å². The molecule has 1 aromatic carbocycles. The maximum absolute atomic E-state index is 12.6. The van der Waals surface area contributed by atoms with E-state index in [0.29, 0.717) is 11.3 Å². The van der Waals surface area contributed by atoms with E-state index in [4.69, 9.17) is 22.1 Å². The number of hydrogen-bond acceptors (Lipinski definition) is 6. The van der Waals surface area contributed by atoms with Crippen LogP contribution in [0.15, 0.2) is 29.2 Å². The van der Waals surface area contributed by atoms with Gasteiger partial charge in [0.1, 0.15) is 16.1 Å². The van der Waals surface area contributed by atoms with Gasteiger partial charge in [0.2, 0.25) is 0 Å². The number of thiocarbonyl (C=S) groups is 1. The summed E-state index contributed by atoms with van der Waals surface area (Å²) in [6.07, 6.45) is 1.00. The number of amides is 1. The molecule has 132 valence electrons. The van der Waals surface area contributed by atoms with Crippen LogP contribution in [0.1, 0.15) is 18.4 Å². The van der Waals surface area contributed by atoms with Crippen molar-refractivity contribution in [1.82, 2.24) is 4.90 Å². The van der Waals surface area contributed by atoms with Crippen LogP contribution in [-0.2, 0) is 14.4 Å². The van der Waals surface area contributed by atoms with Crippen LogP contribution in [0.2, 0.25) is 0 Å². The number of carboxylic acid groups (broad SMARTS) is 2. The molecule has 2 N–H and O–H groups in total. The molecule has 0 bridgehead atoms. The Morgan fingerprint density at radius 1 is 1.40 bits per heavy atom. The maximum Gasteiger partial charge on any atom is 0.326 e. The normalized spacial score (nSPS) is 17.0. The zero-order valence-corrected chi connectivity index (χ0v) is 14.8. The van der Waals surface area contributed by atoms with Crippen molar-refractivity contribution in [2.75, 3.05) is 7.11 Å². The molecule has 0 aromatic heterocycles. The molecule has 1 aliphatic heterocycles. The van der Waals surface area contributed by atoms with Crippen LogP contribution in [0.4, 0.5) is 0 Å². The molecule has 7 nitrogen and oxygen atoms in total. The lowest BCUT2D eigenvalue weighted by molar-refractivity contribution is -0.146. The molecule has 1 aliphatic rings. The van der Waals surface area contributed by atoms with Gasteiger partial charge in [-0.05, 0) is 30.2 Å². The molecule has 2 rings (SSSR count). The average molecular weight is 381 g/mol. The Kier molecular flexibility index (Phi) is 6.16. The number of ether oxygens (including phenoxy) is 1. The molecule has 1 unspecified atom stereocenters. The van der Waals surface area contributed by atoms with Crippen molar-refractivity contribution >= 4 is 52.2 Å². The first-order chi connectivity index (χ1) is 11.8. The zero-order valence-electron chi connectivity index (χ0n) is 13.2. The van der Waals surface area contributed by atoms with E-state index in [-0.39, 0.29) is 22.1 Å². The summed E-state index contributed by atoms with van der Waals surface area (Å²) in [5, 5.41) is 18.1. The van der Waals surface area contributed by atoms with Crippen LogP contribution in [0.3, 0.4) is 0 Å². The molecule has 1 heterocycles. The van der Waals surface area contributed by atoms with Gasteiger partial charge in [0.15, 0.2) is 0 Å². The highest BCUT2D eigenvalue weighted by Crippen LogP contribution is 2.35. The average Bonchev–Trinajstić information content (AvgIpc) is 2.82. The SMILES string of the molecule is COc1cccc(/C=C2\SC(=S)N(C(CCC(=O)O)C(=O)O)C2=O)c1. The molecule has 0 spiro atoms. The predicted octanol–water partition coefficient (Wildman–Crippen LogP) is 2.21. The lowest BCUT2D eigenvalue weighted by Crippen LogP contribution is -2.44. The van der Waals surface area contributed by atoms with Crippen molar-refractivity contribution in [3.63, 3.8) is 0 Å². The Balaban J connectivity index is 2.26. The fourth-order valence-electron chi connectivity index (χ4n) is 2.25. The van der Waals surface area contributed by atoms with Crippen LogP contribution < -0.4 is 4.74 Å². The van der Waals surface area contributed by atoms with E-state index in [1.54, 1.807) is 30.3 Å². The van der Waals surface area contributed by atoms with E-state index < -0.39 is 23.9 Å². The molecule has 1 fully saturated rings. The number of nitrogens with zero attached hydrogens (tertiary/aromatic N) is 1. The molecule has 1 atom stereocenters. The van der Waals surface area contributed by atoms with Crippen LogP contribution in [0.5, 0.6) is 5.75 Å². The van der Waals surface area contributed by atoms with Crippen molar-refractivity contribution in [3.05, 3.63) is 34.7 Å². The van der Waals surface area contributed by atoms with Crippen LogP contribution in [0.25, 0.3) is 6.08 Å². The summed E-state index contributed by atoms with van der Waals surface area (Å²) in [6, 6.07) is 5.72. The van der Waals surface area contributed by atoms with Gasteiger partial charge in [-0.3, -0.25) is 14.5 Å². The molecule has 25 heavy (non-hydrogen) atoms. The molecule has 0 radical (unpaired) electrons. The molecule has 9 heteroatoms. The lowest BCUT2D eigenvalue weighted by atomic mass is 10.1. The van der Waals surface area contributed by atoms with E-state index in [1.807, 2.05) is 0 Å². The van der Waals surface area contributed by atoms with E-state index in [2.05, 4.69) is 0 Å². The largest absolute Gasteiger partial charge is 0.497 e. The smallest absolute Gasteiger partial charge is 0.326 e. The first kappa shape index (κ1) is 18.9. The fraction of sp³-hybridized carbons (Fsp3) is 0.250. The standard InChI is InChI=1S/C16H15NO6S2/c1-23-10-4-2-3-9(7-10)8-12-14(20)17(16(24)25-12)11(15(21)22)5-6-13(18)19/h2-4,7-8,11H,5-6H2,1H3,(H,18,19)(H,21,22)/b12-8-. The van der Waals surface area contributed by atoms with E-state index >= 15 is 0 Å². The molecule has 0 saturated carbocycles. The molecular formula is C16H15NO6S2. The monoisotopic (exact) mass is 381 g/mol. The Labute approximate surface area is 153 Å². The van der Waals surface area contributed by atoms with Gasteiger partial charge in [-0.15, -0.1) is 0 Å². The summed E-state index contributed by atoms with van der Waals surface area (Å²) in [6.45, 7) is 0. The number of thioether (sulfide) groups is 1. The highest BCUT2D eigenvalue weighted by atomic mass is 32.2. The van der Waals surface area contributed by atoms with E-state index in [9.17, 15) is 19.5 Å². The van der Waals surface area contributed by atoms with Crippen molar-refractivity contribution < 1.29 is 29.3 Å². The third-order valence-corrected chi connectivity index (χ3v) is 4.77. The molecule has 1 aromatic rings. The topological polar surface area (TPSA) is 104 Å². The number of carbonyl (C=O) groups excluding carboxylic acids is 1. The highest BCUT2D eigenvalue weighted by molar-refractivity contribution is 8.26. The minimum Gasteiger partial charge on any atom is -0.497 e. The molecule has 1 amide bonds. The number of benzene rings is 1. The summed E-state index contributed by atoms with van der Waals surface area (Å²) in [4.78, 5) is 36.0. The van der Waals surface area contributed by atoms with Gasteiger partial charge in [0.05, 0.1) is 12.0 Å². The Morgan fingerprint density at radius 3 is 2.72 bits per heavy atom. The number of carbonyl (C=O) groups is 3. The van der Waals surface area contributed by atoms with Gasteiger partial charge in [-0.25, -0.2) is 4.79 Å². The number of carboxylic acids is 2. The number of methoxy groups -OCH3 is 1. The third-order valence-electron chi connectivity index (χ3n) is 3.44. The summed E-state index contributed by atoms with van der Waals surface area (Å²) in [5.41, 5.74) is 0.706. The minimum absolute atomic E-state index is 0.0944. The van der Waals surface area contributed by atoms with Crippen LogP contribution >= 0.6 is 24.0 Å². The quantitative estimate of drug-likeness (QED) is 0.547. The van der Waals surface area contributed by atoms with E-state index in [1.165, 1.54) is 7.11 Å². The van der Waals surface area contributed by atoms with Gasteiger partial charge >= 0.3 is 11.9 Å². The number of rotatable bonds is 7. The fourth-order valence-corrected chi connectivity index (χ4v) is 3.61. The van der Waals surface area contributed by atoms with Crippen molar-refractivity contribution in [1.29, 1.82) is 0 Å². The summed E-state index contributed by atoms with van der Waals surface area (Å²) in [7, 11) is 1.53. The van der Waals surface area contributed by atoms with E-state index in [0.717, 1.165) is 16.7 Å². The second-order valence-electron chi connectivity index (χ2n) is 5.11. The Bertz CT molecular complexity index is 761.